The molecule has 0 aliphatic carbocycles. The molecule has 142 valence electrons. The first-order valence-electron chi connectivity index (χ1n) is 9.10. The molecule has 4 nitrogen and oxygen atoms in total. The average molecular weight is 401 g/mol. The van der Waals surface area contributed by atoms with E-state index in [-0.39, 0.29) is 4.90 Å². The molecule has 0 radical (unpaired) electrons. The number of aryl methyl sites for hydroxylation is 1. The number of sulfonamides is 1. The van der Waals surface area contributed by atoms with Crippen LogP contribution in [0.2, 0.25) is 0 Å². The zero-order valence-corrected chi connectivity index (χ0v) is 17.0. The van der Waals surface area contributed by atoms with Gasteiger partial charge in [0.2, 0.25) is 0 Å². The van der Waals surface area contributed by atoms with Gasteiger partial charge in [0.15, 0.2) is 0 Å². The Hall–Kier alpha value is -2.18. The van der Waals surface area contributed by atoms with Gasteiger partial charge in [-0.15, -0.1) is 0 Å². The molecule has 1 aliphatic heterocycles. The molecule has 1 saturated heterocycles. The van der Waals surface area contributed by atoms with Crippen LogP contribution < -0.4 is 0 Å². The molecular formula is C21H24N2O2S2. The Balaban J connectivity index is 1.94. The van der Waals surface area contributed by atoms with Crippen LogP contribution in [0.4, 0.5) is 0 Å². The van der Waals surface area contributed by atoms with Crippen LogP contribution in [-0.4, -0.2) is 31.3 Å². The van der Waals surface area contributed by atoms with E-state index in [2.05, 4.69) is 14.9 Å². The van der Waals surface area contributed by atoms with Crippen molar-refractivity contribution in [1.29, 1.82) is 0 Å². The molecule has 1 aliphatic rings. The van der Waals surface area contributed by atoms with E-state index in [0.717, 1.165) is 40.2 Å². The van der Waals surface area contributed by atoms with E-state index < -0.39 is 10.0 Å². The fraction of sp³-hybridized carbons (Fsp3) is 0.286. The van der Waals surface area contributed by atoms with Crippen LogP contribution in [-0.2, 0) is 21.2 Å². The SMILES string of the molecule is Cc1ccc(S(=O)(=O)N=S=C(/C=C/N2CCCCC2)c2ccccc2)cc1. The molecule has 0 bridgehead atoms. The second-order valence-electron chi connectivity index (χ2n) is 6.60. The second-order valence-corrected chi connectivity index (χ2v) is 9.24. The molecule has 0 spiro atoms. The molecule has 2 aromatic rings. The van der Waals surface area contributed by atoms with Crippen LogP contribution in [0.25, 0.3) is 0 Å². The molecule has 0 aromatic heterocycles. The van der Waals surface area contributed by atoms with Gasteiger partial charge < -0.3 is 4.90 Å². The van der Waals surface area contributed by atoms with Gasteiger partial charge in [-0.3, -0.25) is 0 Å². The van der Waals surface area contributed by atoms with E-state index in [1.807, 2.05) is 43.3 Å². The standard InChI is InChI=1S/C21H24N2O2S2/c1-18-10-12-20(13-11-18)27(24,25)22-26-21(19-8-4-2-5-9-19)14-17-23-15-6-3-7-16-23/h2,4-5,8-14,17H,3,6-7,15-16H2,1H3/b17-14+. The molecule has 0 unspecified atom stereocenters. The number of allylic oxidation sites excluding steroid dienone is 1. The topological polar surface area (TPSA) is 49.7 Å². The third-order valence-electron chi connectivity index (χ3n) is 4.44. The van der Waals surface area contributed by atoms with Gasteiger partial charge in [-0.1, -0.05) is 51.8 Å². The molecular weight excluding hydrogens is 376 g/mol. The molecule has 2 aromatic carbocycles. The fourth-order valence-corrected chi connectivity index (χ4v) is 4.77. The van der Waals surface area contributed by atoms with Gasteiger partial charge >= 0.3 is 0 Å². The van der Waals surface area contributed by atoms with E-state index in [4.69, 9.17) is 0 Å². The monoisotopic (exact) mass is 400 g/mol. The number of rotatable bonds is 5. The number of nitrogens with zero attached hydrogens (tertiary/aromatic N) is 2. The smallest absolute Gasteiger partial charge is 0.292 e. The van der Waals surface area contributed by atoms with Gasteiger partial charge in [0, 0.05) is 19.3 Å². The van der Waals surface area contributed by atoms with Crippen molar-refractivity contribution in [1.82, 2.24) is 4.90 Å². The first-order valence-corrected chi connectivity index (χ1v) is 11.3. The van der Waals surface area contributed by atoms with Gasteiger partial charge in [-0.25, -0.2) is 0 Å². The Morgan fingerprint density at radius 2 is 1.67 bits per heavy atom. The minimum absolute atomic E-state index is 0.216. The van der Waals surface area contributed by atoms with Crippen molar-refractivity contribution in [2.75, 3.05) is 13.1 Å². The average Bonchev–Trinajstić information content (AvgIpc) is 2.70. The normalized spacial score (nSPS) is 14.9. The van der Waals surface area contributed by atoms with E-state index >= 15 is 0 Å². The van der Waals surface area contributed by atoms with Gasteiger partial charge in [0.05, 0.1) is 9.76 Å². The van der Waals surface area contributed by atoms with Crippen LogP contribution in [0, 0.1) is 6.92 Å². The summed E-state index contributed by atoms with van der Waals surface area (Å²) in [6.45, 7) is 4.01. The first-order chi connectivity index (χ1) is 13.0. The number of hydrogen-bond donors (Lipinski definition) is 0. The Labute approximate surface area is 165 Å². The van der Waals surface area contributed by atoms with Crippen LogP contribution in [0.15, 0.2) is 75.5 Å². The molecule has 0 saturated carbocycles. The highest BCUT2D eigenvalue weighted by molar-refractivity contribution is 7.95. The predicted octanol–water partition coefficient (Wildman–Crippen LogP) is 4.17. The minimum atomic E-state index is -3.70. The number of hydrogen-bond acceptors (Lipinski definition) is 3. The van der Waals surface area contributed by atoms with Gasteiger partial charge in [0.1, 0.15) is 0 Å². The molecule has 0 amide bonds. The van der Waals surface area contributed by atoms with E-state index in [1.165, 1.54) is 19.3 Å². The van der Waals surface area contributed by atoms with Gasteiger partial charge in [-0.05, 0) is 61.1 Å². The Kier molecular flexibility index (Phi) is 6.63. The molecule has 1 fully saturated rings. The highest BCUT2D eigenvalue weighted by Crippen LogP contribution is 2.13. The Morgan fingerprint density at radius 1 is 1.00 bits per heavy atom. The summed E-state index contributed by atoms with van der Waals surface area (Å²) in [6.07, 6.45) is 7.70. The lowest BCUT2D eigenvalue weighted by atomic mass is 10.1. The summed E-state index contributed by atoms with van der Waals surface area (Å²) in [4.78, 5) is 3.31. The van der Waals surface area contributed by atoms with Crippen molar-refractivity contribution in [2.24, 2.45) is 3.77 Å². The van der Waals surface area contributed by atoms with E-state index in [9.17, 15) is 8.42 Å². The highest BCUT2D eigenvalue weighted by atomic mass is 32.2. The molecule has 0 atom stereocenters. The fourth-order valence-electron chi connectivity index (χ4n) is 2.86. The van der Waals surface area contributed by atoms with Crippen LogP contribution in [0.3, 0.4) is 0 Å². The number of benzene rings is 2. The molecule has 6 heteroatoms. The number of likely N-dealkylation sites (tertiary alicyclic amines) is 1. The highest BCUT2D eigenvalue weighted by Gasteiger charge is 2.11. The lowest BCUT2D eigenvalue weighted by Crippen LogP contribution is -2.24. The maximum absolute atomic E-state index is 12.5. The lowest BCUT2D eigenvalue weighted by Gasteiger charge is -2.24. The maximum atomic E-state index is 12.5. The zero-order valence-electron chi connectivity index (χ0n) is 15.4. The molecule has 27 heavy (non-hydrogen) atoms. The van der Waals surface area contributed by atoms with E-state index in [1.54, 1.807) is 24.3 Å². The zero-order chi connectivity index (χ0) is 19.1. The van der Waals surface area contributed by atoms with Gasteiger partial charge in [0.25, 0.3) is 10.0 Å². The molecule has 1 heterocycles. The second kappa shape index (κ2) is 9.15. The summed E-state index contributed by atoms with van der Waals surface area (Å²) in [7, 11) is -3.70. The van der Waals surface area contributed by atoms with Crippen molar-refractivity contribution in [2.45, 2.75) is 31.1 Å². The van der Waals surface area contributed by atoms with Crippen molar-refractivity contribution in [3.63, 3.8) is 0 Å². The Bertz CT molecular complexity index is 953. The summed E-state index contributed by atoms with van der Waals surface area (Å²) < 4.78 is 29.1. The maximum Gasteiger partial charge on any atom is 0.292 e. The minimum Gasteiger partial charge on any atom is -0.377 e. The van der Waals surface area contributed by atoms with Crippen LogP contribution in [0.1, 0.15) is 30.4 Å². The Morgan fingerprint density at radius 3 is 2.33 bits per heavy atom. The van der Waals surface area contributed by atoms with E-state index in [0.29, 0.717) is 0 Å². The summed E-state index contributed by atoms with van der Waals surface area (Å²) in [5.74, 6) is 0. The first kappa shape index (κ1) is 19.6. The van der Waals surface area contributed by atoms with Gasteiger partial charge in [-0.2, -0.15) is 8.42 Å². The third-order valence-corrected chi connectivity index (χ3v) is 6.96. The lowest BCUT2D eigenvalue weighted by molar-refractivity contribution is 0.310. The van der Waals surface area contributed by atoms with Crippen LogP contribution in [0.5, 0.6) is 0 Å². The van der Waals surface area contributed by atoms with Crippen LogP contribution >= 0.6 is 0 Å². The van der Waals surface area contributed by atoms with Crippen molar-refractivity contribution >= 4 is 26.0 Å². The largest absolute Gasteiger partial charge is 0.377 e. The van der Waals surface area contributed by atoms with Crippen molar-refractivity contribution in [3.8, 4) is 0 Å². The summed E-state index contributed by atoms with van der Waals surface area (Å²) >= 11 is 1.01. The quantitative estimate of drug-likeness (QED) is 0.430. The molecule has 3 rings (SSSR count). The predicted molar refractivity (Wildman–Crippen MR) is 113 cm³/mol. The summed E-state index contributed by atoms with van der Waals surface area (Å²) in [5.41, 5.74) is 1.97. The molecule has 0 N–H and O–H groups in total. The van der Waals surface area contributed by atoms with Crippen molar-refractivity contribution in [3.05, 3.63) is 78.0 Å². The third kappa shape index (κ3) is 5.65. The number of piperidine rings is 1. The summed E-state index contributed by atoms with van der Waals surface area (Å²) in [6, 6.07) is 16.5. The summed E-state index contributed by atoms with van der Waals surface area (Å²) in [5, 5.41) is 0. The van der Waals surface area contributed by atoms with Crippen molar-refractivity contribution < 1.29 is 8.42 Å².